The zero-order valence-electron chi connectivity index (χ0n) is 14.6. The van der Waals surface area contributed by atoms with E-state index in [1.54, 1.807) is 0 Å². The van der Waals surface area contributed by atoms with Crippen LogP contribution in [0.4, 0.5) is 0 Å². The summed E-state index contributed by atoms with van der Waals surface area (Å²) in [5.74, 6) is 0.975. The molecule has 3 nitrogen and oxygen atoms in total. The molecule has 0 aliphatic rings. The van der Waals surface area contributed by atoms with Gasteiger partial charge < -0.3 is 4.74 Å². The highest BCUT2D eigenvalue weighted by Gasteiger charge is 2.17. The zero-order chi connectivity index (χ0) is 16.3. The Hall–Kier alpha value is -1.61. The van der Waals surface area contributed by atoms with Crippen LogP contribution in [0.1, 0.15) is 70.7 Å². The van der Waals surface area contributed by atoms with E-state index < -0.39 is 0 Å². The van der Waals surface area contributed by atoms with Gasteiger partial charge in [0.25, 0.3) is 0 Å². The number of benzene rings is 1. The van der Waals surface area contributed by atoms with E-state index in [0.29, 0.717) is 18.4 Å². The Morgan fingerprint density at radius 1 is 1.05 bits per heavy atom. The van der Waals surface area contributed by atoms with Gasteiger partial charge in [-0.15, -0.1) is 0 Å². The van der Waals surface area contributed by atoms with E-state index in [1.807, 2.05) is 24.7 Å². The van der Waals surface area contributed by atoms with Crippen molar-refractivity contribution < 1.29 is 4.74 Å². The van der Waals surface area contributed by atoms with Gasteiger partial charge in [0.15, 0.2) is 0 Å². The molecular formula is C19H28N2O. The molecule has 1 unspecified atom stereocenters. The number of hydrogen-bond acceptors (Lipinski definition) is 2. The summed E-state index contributed by atoms with van der Waals surface area (Å²) in [6.07, 6.45) is 4.03. The monoisotopic (exact) mass is 300 g/mol. The first-order valence-electron chi connectivity index (χ1n) is 8.24. The molecule has 1 aromatic heterocycles. The van der Waals surface area contributed by atoms with Gasteiger partial charge in [0.05, 0.1) is 6.20 Å². The fourth-order valence-electron chi connectivity index (χ4n) is 2.87. The zero-order valence-corrected chi connectivity index (χ0v) is 14.6. The minimum absolute atomic E-state index is 0.0348. The Kier molecular flexibility index (Phi) is 5.41. The molecule has 0 aliphatic heterocycles. The molecule has 2 rings (SSSR count). The number of nitrogens with zero attached hydrogens (tertiary/aromatic N) is 2. The van der Waals surface area contributed by atoms with E-state index >= 15 is 0 Å². The Morgan fingerprint density at radius 2 is 1.64 bits per heavy atom. The van der Waals surface area contributed by atoms with E-state index in [0.717, 1.165) is 0 Å². The van der Waals surface area contributed by atoms with Crippen molar-refractivity contribution in [1.29, 1.82) is 0 Å². The SMILES string of the molecule is CCOC(C)n1cc(-c2c(C(C)C)cccc2C(C)C)cn1. The van der Waals surface area contributed by atoms with E-state index in [1.165, 1.54) is 22.3 Å². The quantitative estimate of drug-likeness (QED) is 0.719. The highest BCUT2D eigenvalue weighted by Crippen LogP contribution is 2.36. The van der Waals surface area contributed by atoms with Crippen LogP contribution < -0.4 is 0 Å². The molecule has 1 atom stereocenters. The topological polar surface area (TPSA) is 27.1 Å². The second-order valence-corrected chi connectivity index (χ2v) is 6.38. The predicted molar refractivity (Wildman–Crippen MR) is 92.2 cm³/mol. The molecule has 0 N–H and O–H groups in total. The van der Waals surface area contributed by atoms with Crippen molar-refractivity contribution in [1.82, 2.24) is 9.78 Å². The second kappa shape index (κ2) is 7.10. The summed E-state index contributed by atoms with van der Waals surface area (Å²) < 4.78 is 7.54. The summed E-state index contributed by atoms with van der Waals surface area (Å²) in [4.78, 5) is 0. The number of aromatic nitrogens is 2. The summed E-state index contributed by atoms with van der Waals surface area (Å²) >= 11 is 0. The van der Waals surface area contributed by atoms with E-state index in [-0.39, 0.29) is 6.23 Å². The van der Waals surface area contributed by atoms with Gasteiger partial charge in [-0.25, -0.2) is 4.68 Å². The van der Waals surface area contributed by atoms with Gasteiger partial charge in [-0.3, -0.25) is 0 Å². The largest absolute Gasteiger partial charge is 0.357 e. The lowest BCUT2D eigenvalue weighted by Crippen LogP contribution is -2.09. The Bertz CT molecular complexity index is 587. The van der Waals surface area contributed by atoms with Crippen LogP contribution in [0.5, 0.6) is 0 Å². The third kappa shape index (κ3) is 3.41. The minimum atomic E-state index is -0.0348. The van der Waals surface area contributed by atoms with Crippen LogP contribution in [0.2, 0.25) is 0 Å². The van der Waals surface area contributed by atoms with Crippen LogP contribution in [0.25, 0.3) is 11.1 Å². The molecular weight excluding hydrogens is 272 g/mol. The normalized spacial score (nSPS) is 13.1. The van der Waals surface area contributed by atoms with Crippen molar-refractivity contribution in [2.75, 3.05) is 6.61 Å². The number of hydrogen-bond donors (Lipinski definition) is 0. The molecule has 0 spiro atoms. The average Bonchev–Trinajstić information content (AvgIpc) is 2.96. The molecule has 1 heterocycles. The van der Waals surface area contributed by atoms with E-state index in [2.05, 4.69) is 57.2 Å². The smallest absolute Gasteiger partial charge is 0.147 e. The van der Waals surface area contributed by atoms with Gasteiger partial charge in [-0.05, 0) is 42.4 Å². The van der Waals surface area contributed by atoms with Crippen LogP contribution in [-0.2, 0) is 4.74 Å². The number of rotatable bonds is 6. The van der Waals surface area contributed by atoms with Gasteiger partial charge in [0.1, 0.15) is 6.23 Å². The summed E-state index contributed by atoms with van der Waals surface area (Å²) in [5.41, 5.74) is 5.28. The molecule has 22 heavy (non-hydrogen) atoms. The molecule has 3 heteroatoms. The Labute approximate surface area is 134 Å². The van der Waals surface area contributed by atoms with Crippen LogP contribution >= 0.6 is 0 Å². The highest BCUT2D eigenvalue weighted by atomic mass is 16.5. The van der Waals surface area contributed by atoms with Gasteiger partial charge in [-0.2, -0.15) is 5.10 Å². The minimum Gasteiger partial charge on any atom is -0.357 e. The van der Waals surface area contributed by atoms with Crippen molar-refractivity contribution in [2.24, 2.45) is 0 Å². The summed E-state index contributed by atoms with van der Waals surface area (Å²) in [6.45, 7) is 13.7. The van der Waals surface area contributed by atoms with Crippen LogP contribution in [0, 0.1) is 0 Å². The molecule has 0 saturated heterocycles. The lowest BCUT2D eigenvalue weighted by atomic mass is 9.86. The maximum absolute atomic E-state index is 5.63. The van der Waals surface area contributed by atoms with Crippen molar-refractivity contribution in [2.45, 2.75) is 59.6 Å². The van der Waals surface area contributed by atoms with Gasteiger partial charge in [0.2, 0.25) is 0 Å². The van der Waals surface area contributed by atoms with Gasteiger partial charge in [-0.1, -0.05) is 45.9 Å². The third-order valence-corrected chi connectivity index (χ3v) is 4.04. The molecule has 120 valence electrons. The fourth-order valence-corrected chi connectivity index (χ4v) is 2.87. The maximum Gasteiger partial charge on any atom is 0.147 e. The third-order valence-electron chi connectivity index (χ3n) is 4.04. The first kappa shape index (κ1) is 16.8. The molecule has 0 amide bonds. The predicted octanol–water partition coefficient (Wildman–Crippen LogP) is 5.35. The van der Waals surface area contributed by atoms with Crippen molar-refractivity contribution in [3.63, 3.8) is 0 Å². The van der Waals surface area contributed by atoms with Crippen LogP contribution in [0.15, 0.2) is 30.6 Å². The molecule has 0 radical (unpaired) electrons. The van der Waals surface area contributed by atoms with E-state index in [9.17, 15) is 0 Å². The molecule has 1 aromatic carbocycles. The fraction of sp³-hybridized carbons (Fsp3) is 0.526. The summed E-state index contributed by atoms with van der Waals surface area (Å²) in [6, 6.07) is 6.63. The highest BCUT2D eigenvalue weighted by molar-refractivity contribution is 5.71. The van der Waals surface area contributed by atoms with Crippen molar-refractivity contribution in [3.05, 3.63) is 41.7 Å². The van der Waals surface area contributed by atoms with Gasteiger partial charge in [0, 0.05) is 18.4 Å². The average molecular weight is 300 g/mol. The molecule has 0 bridgehead atoms. The van der Waals surface area contributed by atoms with Crippen molar-refractivity contribution in [3.8, 4) is 11.1 Å². The number of ether oxygens (including phenoxy) is 1. The summed E-state index contributed by atoms with van der Waals surface area (Å²) in [5, 5.41) is 4.50. The lowest BCUT2D eigenvalue weighted by Gasteiger charge is -2.18. The standard InChI is InChI=1S/C19H28N2O/c1-7-22-15(6)21-12-16(11-20-21)19-17(13(2)3)9-8-10-18(19)14(4)5/h8-15H,7H2,1-6H3. The molecule has 2 aromatic rings. The second-order valence-electron chi connectivity index (χ2n) is 6.38. The van der Waals surface area contributed by atoms with Crippen LogP contribution in [-0.4, -0.2) is 16.4 Å². The van der Waals surface area contributed by atoms with E-state index in [4.69, 9.17) is 4.74 Å². The molecule has 0 fully saturated rings. The Morgan fingerprint density at radius 3 is 2.14 bits per heavy atom. The van der Waals surface area contributed by atoms with Crippen LogP contribution in [0.3, 0.4) is 0 Å². The maximum atomic E-state index is 5.63. The van der Waals surface area contributed by atoms with Crippen molar-refractivity contribution >= 4 is 0 Å². The Balaban J connectivity index is 2.51. The first-order valence-corrected chi connectivity index (χ1v) is 8.24. The first-order chi connectivity index (χ1) is 10.5. The van der Waals surface area contributed by atoms with Gasteiger partial charge >= 0.3 is 0 Å². The lowest BCUT2D eigenvalue weighted by molar-refractivity contribution is 0.0160. The molecule has 0 aliphatic carbocycles. The molecule has 0 saturated carbocycles. The summed E-state index contributed by atoms with van der Waals surface area (Å²) in [7, 11) is 0.